The third kappa shape index (κ3) is 3.72. The standard InChI is InChI=1S/C18H24N2O3/c1-19-16-11-20(10-9-15(16)12-23-13-18(19)22)17(21)8-7-14-5-3-2-4-6-14/h2-6,15-16H,7-13H2,1H3/t15-,16-/m0/s1. The number of carbonyl (C=O) groups excluding carboxylic acids is 2. The fourth-order valence-electron chi connectivity index (χ4n) is 3.48. The molecule has 3 rings (SSSR count). The van der Waals surface area contributed by atoms with Crippen molar-refractivity contribution in [1.82, 2.24) is 9.80 Å². The first kappa shape index (κ1) is 16.0. The molecule has 0 radical (unpaired) electrons. The van der Waals surface area contributed by atoms with Crippen molar-refractivity contribution in [3.8, 4) is 0 Å². The van der Waals surface area contributed by atoms with Crippen LogP contribution >= 0.6 is 0 Å². The summed E-state index contributed by atoms with van der Waals surface area (Å²) in [7, 11) is 1.83. The van der Waals surface area contributed by atoms with Gasteiger partial charge in [0.15, 0.2) is 0 Å². The van der Waals surface area contributed by atoms with E-state index in [0.29, 0.717) is 25.5 Å². The summed E-state index contributed by atoms with van der Waals surface area (Å²) in [6.07, 6.45) is 2.19. The van der Waals surface area contributed by atoms with E-state index in [1.54, 1.807) is 4.90 Å². The van der Waals surface area contributed by atoms with Crippen molar-refractivity contribution in [2.45, 2.75) is 25.3 Å². The predicted octanol–water partition coefficient (Wildman–Crippen LogP) is 1.32. The van der Waals surface area contributed by atoms with Crippen LogP contribution in [0.1, 0.15) is 18.4 Å². The fraction of sp³-hybridized carbons (Fsp3) is 0.556. The van der Waals surface area contributed by atoms with E-state index in [4.69, 9.17) is 4.74 Å². The molecule has 2 atom stereocenters. The van der Waals surface area contributed by atoms with Crippen LogP contribution in [0.4, 0.5) is 0 Å². The van der Waals surface area contributed by atoms with Gasteiger partial charge in [0, 0.05) is 32.5 Å². The number of rotatable bonds is 3. The van der Waals surface area contributed by atoms with Gasteiger partial charge in [-0.1, -0.05) is 30.3 Å². The Hall–Kier alpha value is -1.88. The summed E-state index contributed by atoms with van der Waals surface area (Å²) >= 11 is 0. The van der Waals surface area contributed by atoms with Crippen LogP contribution in [-0.4, -0.2) is 61.0 Å². The number of piperidine rings is 1. The highest BCUT2D eigenvalue weighted by molar-refractivity contribution is 5.79. The van der Waals surface area contributed by atoms with Crippen LogP contribution in [0.15, 0.2) is 30.3 Å². The van der Waals surface area contributed by atoms with Crippen LogP contribution in [0, 0.1) is 5.92 Å². The molecule has 2 aliphatic rings. The van der Waals surface area contributed by atoms with E-state index in [2.05, 4.69) is 12.1 Å². The maximum atomic E-state index is 12.5. The molecule has 2 aliphatic heterocycles. The lowest BCUT2D eigenvalue weighted by Crippen LogP contribution is -2.54. The van der Waals surface area contributed by atoms with Crippen molar-refractivity contribution >= 4 is 11.8 Å². The minimum atomic E-state index is 0.0103. The zero-order valence-electron chi connectivity index (χ0n) is 13.6. The monoisotopic (exact) mass is 316 g/mol. The van der Waals surface area contributed by atoms with E-state index in [9.17, 15) is 9.59 Å². The molecular weight excluding hydrogens is 292 g/mol. The summed E-state index contributed by atoms with van der Waals surface area (Å²) in [6.45, 7) is 2.17. The number of hydrogen-bond donors (Lipinski definition) is 0. The number of likely N-dealkylation sites (N-methyl/N-ethyl adjacent to an activating group) is 1. The molecule has 0 saturated carbocycles. The smallest absolute Gasteiger partial charge is 0.248 e. The SMILES string of the molecule is CN1C(=O)COC[C@@H]2CCN(C(=O)CCc3ccccc3)C[C@@H]21. The molecule has 1 aromatic carbocycles. The first-order valence-electron chi connectivity index (χ1n) is 8.30. The highest BCUT2D eigenvalue weighted by Crippen LogP contribution is 2.25. The van der Waals surface area contributed by atoms with Crippen LogP contribution in [0.3, 0.4) is 0 Å². The van der Waals surface area contributed by atoms with Crippen molar-refractivity contribution in [2.75, 3.05) is 33.4 Å². The average molecular weight is 316 g/mol. The number of likely N-dealkylation sites (tertiary alicyclic amines) is 1. The molecule has 0 N–H and O–H groups in total. The van der Waals surface area contributed by atoms with Crippen LogP contribution < -0.4 is 0 Å². The Morgan fingerprint density at radius 1 is 1.30 bits per heavy atom. The number of carbonyl (C=O) groups is 2. The Labute approximate surface area is 137 Å². The summed E-state index contributed by atoms with van der Waals surface area (Å²) in [6, 6.07) is 10.2. The number of benzene rings is 1. The molecule has 1 aromatic rings. The Morgan fingerprint density at radius 2 is 2.09 bits per heavy atom. The molecule has 5 nitrogen and oxygen atoms in total. The molecule has 0 aliphatic carbocycles. The summed E-state index contributed by atoms with van der Waals surface area (Å²) in [5, 5.41) is 0. The number of ether oxygens (including phenoxy) is 1. The maximum absolute atomic E-state index is 12.5. The van der Waals surface area contributed by atoms with Crippen molar-refractivity contribution < 1.29 is 14.3 Å². The van der Waals surface area contributed by atoms with Gasteiger partial charge in [-0.25, -0.2) is 0 Å². The van der Waals surface area contributed by atoms with Crippen molar-refractivity contribution in [2.24, 2.45) is 5.92 Å². The normalized spacial score (nSPS) is 25.0. The molecule has 2 saturated heterocycles. The Kier molecular flexibility index (Phi) is 4.96. The second-order valence-corrected chi connectivity index (χ2v) is 6.46. The van der Waals surface area contributed by atoms with Gasteiger partial charge in [0.05, 0.1) is 12.6 Å². The van der Waals surface area contributed by atoms with Crippen LogP contribution in [-0.2, 0) is 20.7 Å². The van der Waals surface area contributed by atoms with Crippen LogP contribution in [0.25, 0.3) is 0 Å². The number of fused-ring (bicyclic) bond motifs is 1. The van der Waals surface area contributed by atoms with Gasteiger partial charge in [-0.2, -0.15) is 0 Å². The first-order valence-corrected chi connectivity index (χ1v) is 8.30. The highest BCUT2D eigenvalue weighted by Gasteiger charge is 2.37. The van der Waals surface area contributed by atoms with Gasteiger partial charge in [-0.05, 0) is 18.4 Å². The molecule has 2 fully saturated rings. The summed E-state index contributed by atoms with van der Waals surface area (Å²) in [5.74, 6) is 0.527. The summed E-state index contributed by atoms with van der Waals surface area (Å²) in [4.78, 5) is 28.2. The fourth-order valence-corrected chi connectivity index (χ4v) is 3.48. The first-order chi connectivity index (χ1) is 11.1. The maximum Gasteiger partial charge on any atom is 0.248 e. The Morgan fingerprint density at radius 3 is 2.87 bits per heavy atom. The molecular formula is C18H24N2O3. The minimum absolute atomic E-state index is 0.0103. The molecule has 23 heavy (non-hydrogen) atoms. The second kappa shape index (κ2) is 7.13. The van der Waals surface area contributed by atoms with E-state index in [1.807, 2.05) is 30.1 Å². The molecule has 0 unspecified atom stereocenters. The van der Waals surface area contributed by atoms with Crippen molar-refractivity contribution in [3.05, 3.63) is 35.9 Å². The zero-order chi connectivity index (χ0) is 16.2. The molecule has 0 bridgehead atoms. The molecule has 5 heteroatoms. The second-order valence-electron chi connectivity index (χ2n) is 6.46. The summed E-state index contributed by atoms with van der Waals surface area (Å²) in [5.41, 5.74) is 1.19. The van der Waals surface area contributed by atoms with Crippen molar-refractivity contribution in [3.63, 3.8) is 0 Å². The molecule has 2 heterocycles. The molecule has 0 spiro atoms. The molecule has 2 amide bonds. The van der Waals surface area contributed by atoms with Gasteiger partial charge in [-0.3, -0.25) is 9.59 Å². The van der Waals surface area contributed by atoms with Gasteiger partial charge >= 0.3 is 0 Å². The van der Waals surface area contributed by atoms with E-state index < -0.39 is 0 Å². The topological polar surface area (TPSA) is 49.9 Å². The van der Waals surface area contributed by atoms with Gasteiger partial charge in [0.2, 0.25) is 11.8 Å². The third-order valence-electron chi connectivity index (χ3n) is 4.99. The third-order valence-corrected chi connectivity index (χ3v) is 4.99. The summed E-state index contributed by atoms with van der Waals surface area (Å²) < 4.78 is 5.45. The lowest BCUT2D eigenvalue weighted by Gasteiger charge is -2.41. The van der Waals surface area contributed by atoms with E-state index in [-0.39, 0.29) is 24.5 Å². The van der Waals surface area contributed by atoms with Gasteiger partial charge in [0.1, 0.15) is 6.61 Å². The highest BCUT2D eigenvalue weighted by atomic mass is 16.5. The lowest BCUT2D eigenvalue weighted by atomic mass is 9.91. The van der Waals surface area contributed by atoms with Gasteiger partial charge < -0.3 is 14.5 Å². The average Bonchev–Trinajstić information content (AvgIpc) is 2.73. The van der Waals surface area contributed by atoms with E-state index in [0.717, 1.165) is 19.4 Å². The van der Waals surface area contributed by atoms with E-state index >= 15 is 0 Å². The number of aryl methyl sites for hydroxylation is 1. The van der Waals surface area contributed by atoms with E-state index in [1.165, 1.54) is 5.56 Å². The Balaban J connectivity index is 1.58. The Bertz CT molecular complexity index is 561. The largest absolute Gasteiger partial charge is 0.371 e. The minimum Gasteiger partial charge on any atom is -0.371 e. The predicted molar refractivity (Wildman–Crippen MR) is 86.8 cm³/mol. The quantitative estimate of drug-likeness (QED) is 0.845. The van der Waals surface area contributed by atoms with Gasteiger partial charge in [0.25, 0.3) is 0 Å². The van der Waals surface area contributed by atoms with Crippen LogP contribution in [0.5, 0.6) is 0 Å². The zero-order valence-corrected chi connectivity index (χ0v) is 13.6. The van der Waals surface area contributed by atoms with Crippen molar-refractivity contribution in [1.29, 1.82) is 0 Å². The number of hydrogen-bond acceptors (Lipinski definition) is 3. The van der Waals surface area contributed by atoms with Gasteiger partial charge in [-0.15, -0.1) is 0 Å². The molecule has 0 aromatic heterocycles. The number of amides is 2. The molecule has 124 valence electrons. The number of nitrogens with zero attached hydrogens (tertiary/aromatic N) is 2. The lowest BCUT2D eigenvalue weighted by molar-refractivity contribution is -0.139. The van der Waals surface area contributed by atoms with Crippen LogP contribution in [0.2, 0.25) is 0 Å².